The van der Waals surface area contributed by atoms with Crippen molar-refractivity contribution in [3.63, 3.8) is 0 Å². The molecular formula is C7H11NS. The molecule has 0 aromatic rings. The predicted molar refractivity (Wildman–Crippen MR) is 43.9 cm³/mol. The van der Waals surface area contributed by atoms with E-state index < -0.39 is 0 Å². The minimum absolute atomic E-state index is 1.13. The molecule has 0 aromatic carbocycles. The van der Waals surface area contributed by atoms with Gasteiger partial charge >= 0.3 is 0 Å². The zero-order valence-electron chi connectivity index (χ0n) is 6.06. The van der Waals surface area contributed by atoms with Crippen molar-refractivity contribution in [1.82, 2.24) is 0 Å². The van der Waals surface area contributed by atoms with Crippen LogP contribution in [0.3, 0.4) is 0 Å². The molecule has 0 fully saturated rings. The van der Waals surface area contributed by atoms with Gasteiger partial charge in [-0.25, -0.2) is 0 Å². The van der Waals surface area contributed by atoms with Crippen molar-refractivity contribution in [2.75, 3.05) is 5.75 Å². The highest BCUT2D eigenvalue weighted by molar-refractivity contribution is 8.14. The first kappa shape index (κ1) is 6.87. The summed E-state index contributed by atoms with van der Waals surface area (Å²) in [5.41, 5.74) is 2.61. The Morgan fingerprint density at radius 2 is 2.00 bits per heavy atom. The van der Waals surface area contributed by atoms with Gasteiger partial charge in [0, 0.05) is 11.4 Å². The fourth-order valence-corrected chi connectivity index (χ4v) is 1.52. The molecule has 0 amide bonds. The number of allylic oxidation sites excluding steroid dienone is 1. The lowest BCUT2D eigenvalue weighted by atomic mass is 10.3. The molecule has 1 aliphatic rings. The molecule has 0 unspecified atom stereocenters. The lowest BCUT2D eigenvalue weighted by Gasteiger charge is -2.09. The summed E-state index contributed by atoms with van der Waals surface area (Å²) in [6.45, 7) is 6.26. The molecular weight excluding hydrogens is 130 g/mol. The maximum absolute atomic E-state index is 4.32. The molecule has 2 heteroatoms. The number of nitrogens with zero attached hydrogens (tertiary/aromatic N) is 1. The van der Waals surface area contributed by atoms with Crippen molar-refractivity contribution in [2.24, 2.45) is 4.99 Å². The molecule has 9 heavy (non-hydrogen) atoms. The van der Waals surface area contributed by atoms with Crippen LogP contribution in [0.2, 0.25) is 0 Å². The van der Waals surface area contributed by atoms with Crippen molar-refractivity contribution in [2.45, 2.75) is 20.8 Å². The summed E-state index contributed by atoms with van der Waals surface area (Å²) in [4.78, 5) is 4.32. The second-order valence-electron chi connectivity index (χ2n) is 2.29. The van der Waals surface area contributed by atoms with Crippen LogP contribution in [0.5, 0.6) is 0 Å². The number of hydrogen-bond acceptors (Lipinski definition) is 2. The average Bonchev–Trinajstić information content (AvgIpc) is 1.80. The van der Waals surface area contributed by atoms with Gasteiger partial charge in [-0.3, -0.25) is 4.99 Å². The number of thioether (sulfide) groups is 1. The molecule has 0 atom stereocenters. The zero-order valence-corrected chi connectivity index (χ0v) is 6.88. The second kappa shape index (κ2) is 2.56. The lowest BCUT2D eigenvalue weighted by Crippen LogP contribution is -1.97. The van der Waals surface area contributed by atoms with E-state index in [2.05, 4.69) is 25.8 Å². The molecule has 0 aromatic heterocycles. The van der Waals surface area contributed by atoms with Gasteiger partial charge in [0.05, 0.1) is 5.04 Å². The Bertz CT molecular complexity index is 179. The minimum atomic E-state index is 1.13. The Morgan fingerprint density at radius 3 is 2.44 bits per heavy atom. The Balaban J connectivity index is 2.83. The first-order chi connectivity index (χ1) is 4.20. The van der Waals surface area contributed by atoms with Crippen LogP contribution in [0.4, 0.5) is 0 Å². The summed E-state index contributed by atoms with van der Waals surface area (Å²) < 4.78 is 0. The van der Waals surface area contributed by atoms with E-state index in [4.69, 9.17) is 0 Å². The predicted octanol–water partition coefficient (Wildman–Crippen LogP) is 2.45. The monoisotopic (exact) mass is 141 g/mol. The Morgan fingerprint density at radius 1 is 1.33 bits per heavy atom. The standard InChI is InChI=1S/C7H11NS/c1-5-4-9-7(3)8-6(5)2/h4H2,1-3H3. The van der Waals surface area contributed by atoms with Gasteiger partial charge in [0.25, 0.3) is 0 Å². The molecule has 50 valence electrons. The van der Waals surface area contributed by atoms with E-state index in [1.54, 1.807) is 0 Å². The normalized spacial score (nSPS) is 20.1. The molecule has 0 spiro atoms. The van der Waals surface area contributed by atoms with Crippen molar-refractivity contribution in [1.29, 1.82) is 0 Å². The lowest BCUT2D eigenvalue weighted by molar-refractivity contribution is 1.19. The van der Waals surface area contributed by atoms with Crippen LogP contribution in [0, 0.1) is 0 Å². The molecule has 0 saturated heterocycles. The Hall–Kier alpha value is -0.240. The van der Waals surface area contributed by atoms with Crippen LogP contribution in [0.15, 0.2) is 16.3 Å². The van der Waals surface area contributed by atoms with E-state index in [9.17, 15) is 0 Å². The van der Waals surface area contributed by atoms with E-state index in [0.29, 0.717) is 0 Å². The molecule has 0 bridgehead atoms. The van der Waals surface area contributed by atoms with Gasteiger partial charge in [-0.1, -0.05) is 0 Å². The van der Waals surface area contributed by atoms with Crippen LogP contribution in [0.25, 0.3) is 0 Å². The van der Waals surface area contributed by atoms with Gasteiger partial charge in [-0.15, -0.1) is 11.8 Å². The molecule has 1 rings (SSSR count). The topological polar surface area (TPSA) is 12.4 Å². The smallest absolute Gasteiger partial charge is 0.0706 e. The fourth-order valence-electron chi connectivity index (χ4n) is 0.681. The summed E-state index contributed by atoms with van der Waals surface area (Å²) in [7, 11) is 0. The highest BCUT2D eigenvalue weighted by Crippen LogP contribution is 2.20. The van der Waals surface area contributed by atoms with Crippen molar-refractivity contribution < 1.29 is 0 Å². The van der Waals surface area contributed by atoms with Gasteiger partial charge in [0.1, 0.15) is 0 Å². The SMILES string of the molecule is CC1=NC(C)=C(C)CS1. The Labute approximate surface area is 60.3 Å². The molecule has 1 nitrogen and oxygen atoms in total. The highest BCUT2D eigenvalue weighted by Gasteiger charge is 2.04. The quantitative estimate of drug-likeness (QED) is 0.504. The summed E-state index contributed by atoms with van der Waals surface area (Å²) in [5, 5.41) is 1.19. The third kappa shape index (κ3) is 1.58. The number of rotatable bonds is 0. The van der Waals surface area contributed by atoms with Gasteiger partial charge < -0.3 is 0 Å². The van der Waals surface area contributed by atoms with E-state index in [1.807, 2.05) is 11.8 Å². The van der Waals surface area contributed by atoms with Crippen LogP contribution >= 0.6 is 11.8 Å². The van der Waals surface area contributed by atoms with Crippen LogP contribution < -0.4 is 0 Å². The van der Waals surface area contributed by atoms with Gasteiger partial charge in [0.2, 0.25) is 0 Å². The number of hydrogen-bond donors (Lipinski definition) is 0. The van der Waals surface area contributed by atoms with Crippen molar-refractivity contribution in [3.05, 3.63) is 11.3 Å². The summed E-state index contributed by atoms with van der Waals surface area (Å²) in [6.07, 6.45) is 0. The third-order valence-electron chi connectivity index (χ3n) is 1.44. The first-order valence-electron chi connectivity index (χ1n) is 3.04. The van der Waals surface area contributed by atoms with E-state index in [1.165, 1.54) is 16.3 Å². The van der Waals surface area contributed by atoms with E-state index >= 15 is 0 Å². The number of aliphatic imine (C=N–C) groups is 1. The van der Waals surface area contributed by atoms with Crippen LogP contribution in [-0.2, 0) is 0 Å². The largest absolute Gasteiger partial charge is 0.252 e. The summed E-state index contributed by atoms with van der Waals surface area (Å²) >= 11 is 1.82. The Kier molecular flexibility index (Phi) is 1.96. The molecule has 1 heterocycles. The van der Waals surface area contributed by atoms with Gasteiger partial charge in [0.15, 0.2) is 0 Å². The summed E-state index contributed by atoms with van der Waals surface area (Å²) in [5.74, 6) is 1.13. The van der Waals surface area contributed by atoms with Crippen molar-refractivity contribution >= 4 is 16.8 Å². The fraction of sp³-hybridized carbons (Fsp3) is 0.571. The zero-order chi connectivity index (χ0) is 6.85. The molecule has 0 aliphatic carbocycles. The van der Waals surface area contributed by atoms with Crippen molar-refractivity contribution in [3.8, 4) is 0 Å². The first-order valence-corrected chi connectivity index (χ1v) is 4.03. The van der Waals surface area contributed by atoms with Gasteiger partial charge in [-0.05, 0) is 26.3 Å². The second-order valence-corrected chi connectivity index (χ2v) is 3.45. The molecule has 0 N–H and O–H groups in total. The molecule has 0 saturated carbocycles. The average molecular weight is 141 g/mol. The maximum Gasteiger partial charge on any atom is 0.0706 e. The van der Waals surface area contributed by atoms with Crippen LogP contribution in [0.1, 0.15) is 20.8 Å². The maximum atomic E-state index is 4.32. The molecule has 1 aliphatic heterocycles. The van der Waals surface area contributed by atoms with E-state index in [0.717, 1.165) is 5.75 Å². The van der Waals surface area contributed by atoms with Gasteiger partial charge in [-0.2, -0.15) is 0 Å². The minimum Gasteiger partial charge on any atom is -0.252 e. The highest BCUT2D eigenvalue weighted by atomic mass is 32.2. The third-order valence-corrected chi connectivity index (χ3v) is 2.53. The molecule has 0 radical (unpaired) electrons. The summed E-state index contributed by atoms with van der Waals surface area (Å²) in [6, 6.07) is 0. The van der Waals surface area contributed by atoms with Crippen LogP contribution in [-0.4, -0.2) is 10.8 Å². The van der Waals surface area contributed by atoms with E-state index in [-0.39, 0.29) is 0 Å².